The van der Waals surface area contributed by atoms with Gasteiger partial charge in [0.25, 0.3) is 0 Å². The van der Waals surface area contributed by atoms with Crippen LogP contribution in [0.15, 0.2) is 30.5 Å². The van der Waals surface area contributed by atoms with E-state index in [1.807, 2.05) is 0 Å². The van der Waals surface area contributed by atoms with E-state index in [-0.39, 0.29) is 0 Å². The molecule has 0 amide bonds. The summed E-state index contributed by atoms with van der Waals surface area (Å²) in [6.07, 6.45) is 9.54. The third-order valence-electron chi connectivity index (χ3n) is 6.23. The Kier molecular flexibility index (Phi) is 4.40. The zero-order valence-corrected chi connectivity index (χ0v) is 16.1. The highest BCUT2D eigenvalue weighted by atomic mass is 16.5. The maximum absolute atomic E-state index is 6.39. The van der Waals surface area contributed by atoms with Crippen molar-refractivity contribution in [2.24, 2.45) is 7.05 Å². The number of rotatable bonds is 4. The van der Waals surface area contributed by atoms with Gasteiger partial charge in [0.2, 0.25) is 0 Å². The van der Waals surface area contributed by atoms with E-state index in [4.69, 9.17) is 4.74 Å². The van der Waals surface area contributed by atoms with Crippen molar-refractivity contribution in [1.82, 2.24) is 19.7 Å². The lowest BCUT2D eigenvalue weighted by Crippen LogP contribution is -2.38. The molecule has 1 fully saturated rings. The normalized spacial score (nSPS) is 18.7. The van der Waals surface area contributed by atoms with Gasteiger partial charge in [0.1, 0.15) is 11.9 Å². The Balaban J connectivity index is 1.21. The topological polar surface area (TPSA) is 46.1 Å². The molecular weight excluding hydrogens is 336 g/mol. The van der Waals surface area contributed by atoms with Gasteiger partial charge in [-0.05, 0) is 62.3 Å². The lowest BCUT2D eigenvalue weighted by molar-refractivity contribution is 0.0971. The summed E-state index contributed by atoms with van der Waals surface area (Å²) in [5.41, 5.74) is 5.38. The molecule has 0 unspecified atom stereocenters. The Morgan fingerprint density at radius 3 is 2.89 bits per heavy atom. The molecule has 2 aliphatic rings. The number of hydrogen-bond acceptors (Lipinski definition) is 3. The Hall–Kier alpha value is -2.27. The molecule has 1 aromatic carbocycles. The van der Waals surface area contributed by atoms with Crippen LogP contribution in [0.4, 0.5) is 0 Å². The molecule has 0 saturated carbocycles. The molecule has 2 aromatic heterocycles. The first-order chi connectivity index (χ1) is 13.3. The molecule has 3 heterocycles. The molecule has 0 atom stereocenters. The largest absolute Gasteiger partial charge is 0.490 e. The van der Waals surface area contributed by atoms with Crippen LogP contribution >= 0.6 is 0 Å². The second-order valence-electron chi connectivity index (χ2n) is 8.04. The summed E-state index contributed by atoms with van der Waals surface area (Å²) in [6.45, 7) is 3.14. The molecule has 1 aliphatic heterocycles. The van der Waals surface area contributed by atoms with Gasteiger partial charge in [0.05, 0.1) is 11.2 Å². The van der Waals surface area contributed by atoms with Crippen LogP contribution in [-0.2, 0) is 26.4 Å². The van der Waals surface area contributed by atoms with Crippen LogP contribution in [0.2, 0.25) is 0 Å². The van der Waals surface area contributed by atoms with Crippen molar-refractivity contribution >= 4 is 10.9 Å². The Bertz CT molecular complexity index is 933. The Morgan fingerprint density at radius 2 is 2.00 bits per heavy atom. The van der Waals surface area contributed by atoms with E-state index in [0.29, 0.717) is 6.10 Å². The number of aryl methyl sites for hydroxylation is 2. The van der Waals surface area contributed by atoms with Gasteiger partial charge in [-0.15, -0.1) is 0 Å². The van der Waals surface area contributed by atoms with Gasteiger partial charge in [-0.3, -0.25) is 10.00 Å². The number of piperidine rings is 1. The van der Waals surface area contributed by atoms with E-state index in [9.17, 15) is 0 Å². The first kappa shape index (κ1) is 16.9. The highest BCUT2D eigenvalue weighted by molar-refractivity contribution is 5.86. The standard InChI is InChI=1S/C22H28N4O/c1-25-12-11-18-21(25)7-4-8-22(18)27-16-9-13-26(14-10-16)15-20-17-5-2-3-6-19(17)23-24-20/h4,7-8,11-12,16H,2-3,5-6,9-10,13-15H2,1H3,(H,23,24). The average Bonchev–Trinajstić information content (AvgIpc) is 3.28. The smallest absolute Gasteiger partial charge is 0.129 e. The molecule has 0 bridgehead atoms. The quantitative estimate of drug-likeness (QED) is 0.765. The molecule has 5 nitrogen and oxygen atoms in total. The second kappa shape index (κ2) is 7.04. The number of nitrogens with zero attached hydrogens (tertiary/aromatic N) is 3. The van der Waals surface area contributed by atoms with Gasteiger partial charge >= 0.3 is 0 Å². The summed E-state index contributed by atoms with van der Waals surface area (Å²) >= 11 is 0. The minimum atomic E-state index is 0.306. The third-order valence-corrected chi connectivity index (χ3v) is 6.23. The number of H-pyrrole nitrogens is 1. The van der Waals surface area contributed by atoms with Crippen molar-refractivity contribution in [3.63, 3.8) is 0 Å². The summed E-state index contributed by atoms with van der Waals surface area (Å²) < 4.78 is 8.54. The Labute approximate surface area is 160 Å². The highest BCUT2D eigenvalue weighted by Crippen LogP contribution is 2.29. The summed E-state index contributed by atoms with van der Waals surface area (Å²) in [5.74, 6) is 1.02. The number of aromatic nitrogens is 3. The molecule has 27 heavy (non-hydrogen) atoms. The zero-order chi connectivity index (χ0) is 18.2. The molecule has 0 radical (unpaired) electrons. The lowest BCUT2D eigenvalue weighted by atomic mass is 9.95. The number of hydrogen-bond donors (Lipinski definition) is 1. The van der Waals surface area contributed by atoms with Gasteiger partial charge in [-0.1, -0.05) is 6.07 Å². The van der Waals surface area contributed by atoms with Gasteiger partial charge < -0.3 is 9.30 Å². The number of fused-ring (bicyclic) bond motifs is 2. The average molecular weight is 364 g/mol. The molecule has 1 N–H and O–H groups in total. The van der Waals surface area contributed by atoms with E-state index in [1.165, 1.54) is 53.5 Å². The van der Waals surface area contributed by atoms with Crippen molar-refractivity contribution in [3.05, 3.63) is 47.4 Å². The van der Waals surface area contributed by atoms with E-state index in [2.05, 4.69) is 57.2 Å². The van der Waals surface area contributed by atoms with Crippen LogP contribution in [0.25, 0.3) is 10.9 Å². The van der Waals surface area contributed by atoms with Gasteiger partial charge in [-0.25, -0.2) is 0 Å². The molecule has 5 rings (SSSR count). The highest BCUT2D eigenvalue weighted by Gasteiger charge is 2.24. The molecule has 0 spiro atoms. The van der Waals surface area contributed by atoms with Crippen molar-refractivity contribution in [1.29, 1.82) is 0 Å². The van der Waals surface area contributed by atoms with Crippen molar-refractivity contribution in [2.75, 3.05) is 13.1 Å². The van der Waals surface area contributed by atoms with E-state index >= 15 is 0 Å². The van der Waals surface area contributed by atoms with Crippen LogP contribution < -0.4 is 4.74 Å². The number of nitrogens with one attached hydrogen (secondary N) is 1. The first-order valence-corrected chi connectivity index (χ1v) is 10.3. The van der Waals surface area contributed by atoms with E-state index < -0.39 is 0 Å². The Morgan fingerprint density at radius 1 is 1.15 bits per heavy atom. The van der Waals surface area contributed by atoms with Crippen molar-refractivity contribution in [2.45, 2.75) is 51.2 Å². The monoisotopic (exact) mass is 364 g/mol. The fraction of sp³-hybridized carbons (Fsp3) is 0.500. The van der Waals surface area contributed by atoms with Crippen LogP contribution in [0, 0.1) is 0 Å². The predicted octanol–water partition coefficient (Wildman–Crippen LogP) is 3.82. The third kappa shape index (κ3) is 3.25. The second-order valence-corrected chi connectivity index (χ2v) is 8.04. The molecule has 3 aromatic rings. The zero-order valence-electron chi connectivity index (χ0n) is 16.1. The van der Waals surface area contributed by atoms with E-state index in [0.717, 1.165) is 38.2 Å². The lowest BCUT2D eigenvalue weighted by Gasteiger charge is -2.32. The molecule has 142 valence electrons. The van der Waals surface area contributed by atoms with Crippen LogP contribution in [-0.4, -0.2) is 38.9 Å². The van der Waals surface area contributed by atoms with Crippen LogP contribution in [0.5, 0.6) is 5.75 Å². The van der Waals surface area contributed by atoms with Crippen LogP contribution in [0.1, 0.15) is 42.6 Å². The maximum Gasteiger partial charge on any atom is 0.129 e. The van der Waals surface area contributed by atoms with Crippen LogP contribution in [0.3, 0.4) is 0 Å². The van der Waals surface area contributed by atoms with Gasteiger partial charge in [0, 0.05) is 44.0 Å². The van der Waals surface area contributed by atoms with Gasteiger partial charge in [-0.2, -0.15) is 5.10 Å². The number of aromatic amines is 1. The van der Waals surface area contributed by atoms with Gasteiger partial charge in [0.15, 0.2) is 0 Å². The number of benzene rings is 1. The molecule has 1 aliphatic carbocycles. The fourth-order valence-electron chi connectivity index (χ4n) is 4.63. The summed E-state index contributed by atoms with van der Waals surface area (Å²) in [7, 11) is 2.08. The van der Waals surface area contributed by atoms with E-state index in [1.54, 1.807) is 0 Å². The molecule has 1 saturated heterocycles. The summed E-state index contributed by atoms with van der Waals surface area (Å²) in [6, 6.07) is 8.49. The first-order valence-electron chi connectivity index (χ1n) is 10.3. The predicted molar refractivity (Wildman–Crippen MR) is 107 cm³/mol. The SMILES string of the molecule is Cn1ccc2c(OC3CCN(Cc4n[nH]c5c4CCCC5)CC3)cccc21. The molecular formula is C22H28N4O. The maximum atomic E-state index is 6.39. The number of ether oxygens (including phenoxy) is 1. The summed E-state index contributed by atoms with van der Waals surface area (Å²) in [5, 5.41) is 9.10. The fourth-order valence-corrected chi connectivity index (χ4v) is 4.63. The molecule has 5 heteroatoms. The minimum Gasteiger partial charge on any atom is -0.490 e. The minimum absolute atomic E-state index is 0.306. The van der Waals surface area contributed by atoms with Crippen molar-refractivity contribution < 1.29 is 4.74 Å². The summed E-state index contributed by atoms with van der Waals surface area (Å²) in [4.78, 5) is 2.54. The van der Waals surface area contributed by atoms with Crippen molar-refractivity contribution in [3.8, 4) is 5.75 Å². The number of likely N-dealkylation sites (tertiary alicyclic amines) is 1.